The van der Waals surface area contributed by atoms with Crippen LogP contribution in [0.1, 0.15) is 213 Å². The largest absolute Gasteiger partial charge is 0.480 e. The standard InChI is InChI=1S/C38H76N4O2/c1-3-5-7-9-11-13-15-17-19-20-22-24-26-28-32-37(40,36(43)44)35(31-30-34-39)38(41-42-38)33-29-27-25-23-21-18-16-14-12-10-8-6-4-2/h35H,3-34,39-40H2,1-2H3,(H,43,44). The monoisotopic (exact) mass is 621 g/mol. The highest BCUT2D eigenvalue weighted by Gasteiger charge is 2.57. The number of aliphatic carboxylic acids is 1. The highest BCUT2D eigenvalue weighted by atomic mass is 16.4. The number of carboxylic acid groups (broad SMARTS) is 1. The van der Waals surface area contributed by atoms with E-state index in [0.717, 1.165) is 38.5 Å². The highest BCUT2D eigenvalue weighted by molar-refractivity contribution is 5.79. The van der Waals surface area contributed by atoms with Crippen molar-refractivity contribution in [1.29, 1.82) is 0 Å². The lowest BCUT2D eigenvalue weighted by molar-refractivity contribution is -0.147. The molecule has 0 fully saturated rings. The minimum absolute atomic E-state index is 0.268. The number of nitrogens with two attached hydrogens (primary N) is 2. The SMILES string of the molecule is CCCCCCCCCCCCCCCCC(N)(C(=O)O)C(CCCN)C1(CCCCCCCCCCCCCCC)N=N1. The molecule has 0 aliphatic carbocycles. The van der Waals surface area contributed by atoms with Crippen LogP contribution in [0.25, 0.3) is 0 Å². The molecule has 2 unspecified atom stereocenters. The number of hydrogen-bond acceptors (Lipinski definition) is 5. The van der Waals surface area contributed by atoms with Crippen molar-refractivity contribution in [2.75, 3.05) is 6.54 Å². The van der Waals surface area contributed by atoms with E-state index in [9.17, 15) is 9.90 Å². The Morgan fingerprint density at radius 3 is 1.25 bits per heavy atom. The van der Waals surface area contributed by atoms with Crippen LogP contribution in [-0.2, 0) is 4.79 Å². The van der Waals surface area contributed by atoms with E-state index in [1.165, 1.54) is 148 Å². The molecule has 1 heterocycles. The van der Waals surface area contributed by atoms with Gasteiger partial charge < -0.3 is 16.6 Å². The second-order valence-corrected chi connectivity index (χ2v) is 14.2. The summed E-state index contributed by atoms with van der Waals surface area (Å²) in [6, 6.07) is 0. The maximum absolute atomic E-state index is 12.6. The quantitative estimate of drug-likeness (QED) is 0.0611. The van der Waals surface area contributed by atoms with Gasteiger partial charge in [0.1, 0.15) is 5.54 Å². The Morgan fingerprint density at radius 2 is 0.932 bits per heavy atom. The first-order valence-electron chi connectivity index (χ1n) is 19.6. The van der Waals surface area contributed by atoms with Crippen LogP contribution in [0.2, 0.25) is 0 Å². The zero-order valence-electron chi connectivity index (χ0n) is 29.6. The topological polar surface area (TPSA) is 114 Å². The molecule has 1 aliphatic heterocycles. The van der Waals surface area contributed by atoms with Gasteiger partial charge in [0.05, 0.1) is 0 Å². The molecule has 6 heteroatoms. The van der Waals surface area contributed by atoms with Gasteiger partial charge >= 0.3 is 5.97 Å². The summed E-state index contributed by atoms with van der Waals surface area (Å²) in [5, 5.41) is 19.3. The molecule has 0 saturated carbocycles. The molecule has 44 heavy (non-hydrogen) atoms. The smallest absolute Gasteiger partial charge is 0.324 e. The molecule has 0 amide bonds. The van der Waals surface area contributed by atoms with Gasteiger partial charge in [-0.1, -0.05) is 181 Å². The molecule has 1 aliphatic rings. The lowest BCUT2D eigenvalue weighted by atomic mass is 9.71. The van der Waals surface area contributed by atoms with Crippen molar-refractivity contribution < 1.29 is 9.90 Å². The van der Waals surface area contributed by atoms with E-state index in [1.54, 1.807) is 0 Å². The molecule has 0 bridgehead atoms. The predicted octanol–water partition coefficient (Wildman–Crippen LogP) is 11.6. The molecule has 2 atom stereocenters. The zero-order chi connectivity index (χ0) is 32.2. The number of unbranched alkanes of at least 4 members (excludes halogenated alkanes) is 25. The molecule has 0 saturated heterocycles. The van der Waals surface area contributed by atoms with Crippen LogP contribution in [0.5, 0.6) is 0 Å². The van der Waals surface area contributed by atoms with Crippen LogP contribution in [0.3, 0.4) is 0 Å². The molecule has 0 aromatic heterocycles. The van der Waals surface area contributed by atoms with Gasteiger partial charge in [-0.2, -0.15) is 10.2 Å². The van der Waals surface area contributed by atoms with E-state index < -0.39 is 17.2 Å². The van der Waals surface area contributed by atoms with Gasteiger partial charge in [-0.25, -0.2) is 0 Å². The summed E-state index contributed by atoms with van der Waals surface area (Å²) in [5.41, 5.74) is 10.8. The van der Waals surface area contributed by atoms with Crippen LogP contribution in [0.4, 0.5) is 0 Å². The molecule has 260 valence electrons. The number of hydrogen-bond donors (Lipinski definition) is 3. The third kappa shape index (κ3) is 18.8. The molecule has 0 radical (unpaired) electrons. The number of rotatable bonds is 35. The predicted molar refractivity (Wildman–Crippen MR) is 189 cm³/mol. The lowest BCUT2D eigenvalue weighted by Gasteiger charge is -2.37. The summed E-state index contributed by atoms with van der Waals surface area (Å²) in [5.74, 6) is -1.16. The Hall–Kier alpha value is -1.01. The van der Waals surface area contributed by atoms with Crippen molar-refractivity contribution in [2.45, 2.75) is 224 Å². The fourth-order valence-electron chi connectivity index (χ4n) is 7.15. The van der Waals surface area contributed by atoms with E-state index >= 15 is 0 Å². The first-order valence-corrected chi connectivity index (χ1v) is 19.6. The second-order valence-electron chi connectivity index (χ2n) is 14.2. The Bertz CT molecular complexity index is 694. The molecular weight excluding hydrogens is 544 g/mol. The van der Waals surface area contributed by atoms with E-state index in [1.807, 2.05) is 0 Å². The highest BCUT2D eigenvalue weighted by Crippen LogP contribution is 2.48. The number of nitrogens with zero attached hydrogens (tertiary/aromatic N) is 2. The Labute approximate surface area is 273 Å². The van der Waals surface area contributed by atoms with Crippen LogP contribution in [0.15, 0.2) is 10.2 Å². The summed E-state index contributed by atoms with van der Waals surface area (Å²) in [6.07, 6.45) is 37.9. The van der Waals surface area contributed by atoms with E-state index in [0.29, 0.717) is 19.4 Å². The van der Waals surface area contributed by atoms with Crippen LogP contribution in [0, 0.1) is 5.92 Å². The van der Waals surface area contributed by atoms with Gasteiger partial charge in [-0.15, -0.1) is 0 Å². The minimum Gasteiger partial charge on any atom is -0.480 e. The van der Waals surface area contributed by atoms with E-state index in [4.69, 9.17) is 11.5 Å². The van der Waals surface area contributed by atoms with Crippen LogP contribution in [-0.4, -0.2) is 28.8 Å². The average molecular weight is 621 g/mol. The van der Waals surface area contributed by atoms with Gasteiger partial charge in [0.2, 0.25) is 0 Å². The first kappa shape index (κ1) is 41.0. The van der Waals surface area contributed by atoms with Crippen molar-refractivity contribution in [1.82, 2.24) is 0 Å². The maximum Gasteiger partial charge on any atom is 0.324 e. The molecule has 0 aromatic rings. The Balaban J connectivity index is 2.29. The number of carboxylic acids is 1. The average Bonchev–Trinajstić information content (AvgIpc) is 3.80. The lowest BCUT2D eigenvalue weighted by Crippen LogP contribution is -2.58. The maximum atomic E-state index is 12.6. The van der Waals surface area contributed by atoms with Crippen molar-refractivity contribution in [2.24, 2.45) is 27.6 Å². The van der Waals surface area contributed by atoms with Crippen molar-refractivity contribution in [3.63, 3.8) is 0 Å². The number of carbonyl (C=O) groups is 1. The summed E-state index contributed by atoms with van der Waals surface area (Å²) in [6.45, 7) is 5.09. The van der Waals surface area contributed by atoms with Gasteiger partial charge in [-0.3, -0.25) is 4.79 Å². The van der Waals surface area contributed by atoms with Crippen molar-refractivity contribution in [3.05, 3.63) is 0 Å². The minimum atomic E-state index is -1.29. The fourth-order valence-corrected chi connectivity index (χ4v) is 7.15. The van der Waals surface area contributed by atoms with Gasteiger partial charge in [0, 0.05) is 5.92 Å². The normalized spacial score (nSPS) is 15.8. The van der Waals surface area contributed by atoms with Gasteiger partial charge in [0.15, 0.2) is 5.66 Å². The molecule has 0 aromatic carbocycles. The Kier molecular flexibility index (Phi) is 25.3. The summed E-state index contributed by atoms with van der Waals surface area (Å²) >= 11 is 0. The Morgan fingerprint density at radius 1 is 0.591 bits per heavy atom. The molecule has 1 rings (SSSR count). The summed E-state index contributed by atoms with van der Waals surface area (Å²) < 4.78 is 0. The summed E-state index contributed by atoms with van der Waals surface area (Å²) in [7, 11) is 0. The second kappa shape index (κ2) is 27.1. The fraction of sp³-hybridized carbons (Fsp3) is 0.974. The van der Waals surface area contributed by atoms with E-state index in [2.05, 4.69) is 24.1 Å². The summed E-state index contributed by atoms with van der Waals surface area (Å²) in [4.78, 5) is 12.6. The molecule has 6 nitrogen and oxygen atoms in total. The van der Waals surface area contributed by atoms with Gasteiger partial charge in [0.25, 0.3) is 0 Å². The van der Waals surface area contributed by atoms with Gasteiger partial charge in [-0.05, 0) is 38.6 Å². The van der Waals surface area contributed by atoms with E-state index in [-0.39, 0.29) is 5.92 Å². The first-order chi connectivity index (χ1) is 21.5. The zero-order valence-corrected chi connectivity index (χ0v) is 29.6. The molecule has 5 N–H and O–H groups in total. The van der Waals surface area contributed by atoms with Crippen LogP contribution >= 0.6 is 0 Å². The third-order valence-electron chi connectivity index (χ3n) is 10.2. The van der Waals surface area contributed by atoms with Crippen LogP contribution < -0.4 is 11.5 Å². The van der Waals surface area contributed by atoms with Crippen molar-refractivity contribution in [3.8, 4) is 0 Å². The van der Waals surface area contributed by atoms with Crippen molar-refractivity contribution >= 4 is 5.97 Å². The third-order valence-corrected chi connectivity index (χ3v) is 10.2. The molecule has 0 spiro atoms. The molecular formula is C38H76N4O2.